The van der Waals surface area contributed by atoms with Crippen LogP contribution in [0.4, 0.5) is 5.69 Å². The molecule has 0 aliphatic heterocycles. The highest BCUT2D eigenvalue weighted by atomic mass is 16.5. The molecule has 5 heteroatoms. The lowest BCUT2D eigenvalue weighted by Gasteiger charge is -2.26. The molecule has 1 aromatic carbocycles. The lowest BCUT2D eigenvalue weighted by Crippen LogP contribution is -2.45. The van der Waals surface area contributed by atoms with Crippen molar-refractivity contribution in [2.24, 2.45) is 11.1 Å². The van der Waals surface area contributed by atoms with Gasteiger partial charge in [0.15, 0.2) is 0 Å². The number of methoxy groups -OCH3 is 2. The number of carbonyl (C=O) groups excluding carboxylic acids is 1. The average Bonchev–Trinajstić information content (AvgIpc) is 2.37. The normalized spacial score (nSPS) is 12.7. The molecular weight excluding hydrogens is 244 g/mol. The number of anilines is 1. The maximum atomic E-state index is 12.1. The fraction of sp³-hybridized carbons (Fsp3) is 0.500. The molecule has 1 amide bonds. The molecular formula is C14H22N2O3. The van der Waals surface area contributed by atoms with Crippen LogP contribution >= 0.6 is 0 Å². The molecule has 0 aliphatic rings. The largest absolute Gasteiger partial charge is 0.497 e. The Morgan fingerprint density at radius 1 is 1.26 bits per heavy atom. The first-order valence-electron chi connectivity index (χ1n) is 6.08. The topological polar surface area (TPSA) is 73.6 Å². The van der Waals surface area contributed by atoms with Gasteiger partial charge in [0.2, 0.25) is 5.91 Å². The van der Waals surface area contributed by atoms with Crippen LogP contribution in [0.1, 0.15) is 20.8 Å². The molecule has 1 aromatic rings. The van der Waals surface area contributed by atoms with Crippen molar-refractivity contribution in [3.05, 3.63) is 18.2 Å². The number of nitrogens with two attached hydrogens (primary N) is 1. The van der Waals surface area contributed by atoms with Crippen LogP contribution in [0.5, 0.6) is 11.5 Å². The third-order valence-corrected chi connectivity index (χ3v) is 2.88. The molecule has 3 N–H and O–H groups in total. The van der Waals surface area contributed by atoms with Crippen LogP contribution in [0.25, 0.3) is 0 Å². The van der Waals surface area contributed by atoms with Crippen molar-refractivity contribution >= 4 is 11.6 Å². The predicted octanol–water partition coefficient (Wildman–Crippen LogP) is 2.02. The molecule has 0 heterocycles. The van der Waals surface area contributed by atoms with E-state index >= 15 is 0 Å². The van der Waals surface area contributed by atoms with Crippen molar-refractivity contribution in [1.82, 2.24) is 0 Å². The molecule has 0 unspecified atom stereocenters. The summed E-state index contributed by atoms with van der Waals surface area (Å²) in [6.45, 7) is 5.76. The van der Waals surface area contributed by atoms with Gasteiger partial charge in [-0.2, -0.15) is 0 Å². The van der Waals surface area contributed by atoms with Gasteiger partial charge in [-0.25, -0.2) is 0 Å². The second kappa shape index (κ2) is 5.93. The minimum atomic E-state index is -0.598. The van der Waals surface area contributed by atoms with Crippen molar-refractivity contribution in [3.8, 4) is 11.5 Å². The zero-order valence-electron chi connectivity index (χ0n) is 12.1. The van der Waals surface area contributed by atoms with Crippen LogP contribution in [-0.4, -0.2) is 26.2 Å². The van der Waals surface area contributed by atoms with Crippen LogP contribution in [0.2, 0.25) is 0 Å². The SMILES string of the molecule is COc1ccc(NC(=O)[C@H](N)C(C)(C)C)c(OC)c1. The fourth-order valence-corrected chi connectivity index (χ4v) is 1.51. The highest BCUT2D eigenvalue weighted by Crippen LogP contribution is 2.29. The fourth-order valence-electron chi connectivity index (χ4n) is 1.51. The molecule has 0 saturated carbocycles. The molecule has 0 saturated heterocycles. The van der Waals surface area contributed by atoms with Gasteiger partial charge in [-0.05, 0) is 17.5 Å². The summed E-state index contributed by atoms with van der Waals surface area (Å²) >= 11 is 0. The van der Waals surface area contributed by atoms with Gasteiger partial charge in [-0.3, -0.25) is 4.79 Å². The molecule has 5 nitrogen and oxygen atoms in total. The van der Waals surface area contributed by atoms with E-state index in [1.807, 2.05) is 20.8 Å². The molecule has 0 radical (unpaired) electrons. The number of nitrogens with one attached hydrogen (secondary N) is 1. The smallest absolute Gasteiger partial charge is 0.241 e. The standard InChI is InChI=1S/C14H22N2O3/c1-14(2,3)12(15)13(17)16-10-7-6-9(18-4)8-11(10)19-5/h6-8,12H,15H2,1-5H3,(H,16,17)/t12-/m0/s1. The Labute approximate surface area is 114 Å². The van der Waals surface area contributed by atoms with E-state index in [1.54, 1.807) is 25.3 Å². The Morgan fingerprint density at radius 2 is 1.89 bits per heavy atom. The van der Waals surface area contributed by atoms with Crippen molar-refractivity contribution in [2.75, 3.05) is 19.5 Å². The van der Waals surface area contributed by atoms with Crippen LogP contribution < -0.4 is 20.5 Å². The van der Waals surface area contributed by atoms with E-state index in [0.29, 0.717) is 17.2 Å². The Balaban J connectivity index is 2.91. The number of rotatable bonds is 4. The highest BCUT2D eigenvalue weighted by molar-refractivity contribution is 5.96. The minimum absolute atomic E-state index is 0.240. The molecule has 106 valence electrons. The van der Waals surface area contributed by atoms with E-state index in [9.17, 15) is 4.79 Å². The molecule has 0 aliphatic carbocycles. The van der Waals surface area contributed by atoms with Gasteiger partial charge in [-0.15, -0.1) is 0 Å². The number of amides is 1. The molecule has 0 spiro atoms. The van der Waals surface area contributed by atoms with E-state index < -0.39 is 6.04 Å². The number of carbonyl (C=O) groups is 1. The molecule has 0 fully saturated rings. The van der Waals surface area contributed by atoms with Gasteiger partial charge >= 0.3 is 0 Å². The number of hydrogen-bond donors (Lipinski definition) is 2. The Bertz CT molecular complexity index is 452. The summed E-state index contributed by atoms with van der Waals surface area (Å²) in [7, 11) is 3.11. The average molecular weight is 266 g/mol. The summed E-state index contributed by atoms with van der Waals surface area (Å²) in [6, 6.07) is 4.59. The molecule has 19 heavy (non-hydrogen) atoms. The van der Waals surface area contributed by atoms with Crippen molar-refractivity contribution in [2.45, 2.75) is 26.8 Å². The number of ether oxygens (including phenoxy) is 2. The van der Waals surface area contributed by atoms with Crippen molar-refractivity contribution < 1.29 is 14.3 Å². The van der Waals surface area contributed by atoms with Gasteiger partial charge in [0.1, 0.15) is 11.5 Å². The van der Waals surface area contributed by atoms with E-state index in [4.69, 9.17) is 15.2 Å². The van der Waals surface area contributed by atoms with Gasteiger partial charge in [0.05, 0.1) is 25.9 Å². The quantitative estimate of drug-likeness (QED) is 0.874. The van der Waals surface area contributed by atoms with Crippen LogP contribution in [0.15, 0.2) is 18.2 Å². The van der Waals surface area contributed by atoms with E-state index in [0.717, 1.165) is 0 Å². The Hall–Kier alpha value is -1.75. The summed E-state index contributed by atoms with van der Waals surface area (Å²) in [5, 5.41) is 2.77. The first kappa shape index (κ1) is 15.3. The van der Waals surface area contributed by atoms with Crippen molar-refractivity contribution in [3.63, 3.8) is 0 Å². The lowest BCUT2D eigenvalue weighted by atomic mass is 9.87. The number of hydrogen-bond acceptors (Lipinski definition) is 4. The molecule has 0 bridgehead atoms. The number of benzene rings is 1. The van der Waals surface area contributed by atoms with Crippen LogP contribution in [0.3, 0.4) is 0 Å². The van der Waals surface area contributed by atoms with E-state index in [1.165, 1.54) is 7.11 Å². The van der Waals surface area contributed by atoms with Crippen molar-refractivity contribution in [1.29, 1.82) is 0 Å². The third-order valence-electron chi connectivity index (χ3n) is 2.88. The molecule has 1 rings (SSSR count). The maximum Gasteiger partial charge on any atom is 0.241 e. The van der Waals surface area contributed by atoms with Crippen LogP contribution in [-0.2, 0) is 4.79 Å². The molecule has 0 aromatic heterocycles. The summed E-state index contributed by atoms with van der Waals surface area (Å²) in [6.07, 6.45) is 0. The summed E-state index contributed by atoms with van der Waals surface area (Å²) in [4.78, 5) is 12.1. The zero-order valence-corrected chi connectivity index (χ0v) is 12.1. The van der Waals surface area contributed by atoms with E-state index in [-0.39, 0.29) is 11.3 Å². The zero-order chi connectivity index (χ0) is 14.6. The first-order chi connectivity index (χ1) is 8.79. The lowest BCUT2D eigenvalue weighted by molar-refractivity contribution is -0.119. The van der Waals surface area contributed by atoms with Gasteiger partial charge < -0.3 is 20.5 Å². The third kappa shape index (κ3) is 3.86. The van der Waals surface area contributed by atoms with Gasteiger partial charge in [-0.1, -0.05) is 20.8 Å². The second-order valence-electron chi connectivity index (χ2n) is 5.40. The monoisotopic (exact) mass is 266 g/mol. The van der Waals surface area contributed by atoms with Crippen LogP contribution in [0, 0.1) is 5.41 Å². The Kier molecular flexibility index (Phi) is 4.78. The second-order valence-corrected chi connectivity index (χ2v) is 5.40. The summed E-state index contributed by atoms with van der Waals surface area (Å²) in [5.41, 5.74) is 6.19. The summed E-state index contributed by atoms with van der Waals surface area (Å²) in [5.74, 6) is 0.958. The first-order valence-corrected chi connectivity index (χ1v) is 6.08. The highest BCUT2D eigenvalue weighted by Gasteiger charge is 2.27. The Morgan fingerprint density at radius 3 is 2.37 bits per heavy atom. The van der Waals surface area contributed by atoms with Gasteiger partial charge in [0, 0.05) is 6.07 Å². The van der Waals surface area contributed by atoms with E-state index in [2.05, 4.69) is 5.32 Å². The van der Waals surface area contributed by atoms with Gasteiger partial charge in [0.25, 0.3) is 0 Å². The molecule has 1 atom stereocenters. The summed E-state index contributed by atoms with van der Waals surface area (Å²) < 4.78 is 10.3. The maximum absolute atomic E-state index is 12.1. The minimum Gasteiger partial charge on any atom is -0.497 e. The predicted molar refractivity (Wildman–Crippen MR) is 75.6 cm³/mol.